The summed E-state index contributed by atoms with van der Waals surface area (Å²) in [6.07, 6.45) is 0.734. The number of non-ortho nitro benzene ring substituents is 1. The van der Waals surface area contributed by atoms with Gasteiger partial charge in [-0.2, -0.15) is 0 Å². The quantitative estimate of drug-likeness (QED) is 0.459. The molecular formula is C11H11NO3S. The summed E-state index contributed by atoms with van der Waals surface area (Å²) < 4.78 is 11.6. The monoisotopic (exact) mass is 237 g/mol. The van der Waals surface area contributed by atoms with Crippen molar-refractivity contribution in [2.45, 2.75) is 18.2 Å². The van der Waals surface area contributed by atoms with Crippen LogP contribution in [0, 0.1) is 22.0 Å². The van der Waals surface area contributed by atoms with Gasteiger partial charge in [0.05, 0.1) is 21.5 Å². The maximum Gasteiger partial charge on any atom is 0.269 e. The van der Waals surface area contributed by atoms with Gasteiger partial charge in [0.15, 0.2) is 0 Å². The number of benzene rings is 1. The van der Waals surface area contributed by atoms with Gasteiger partial charge in [0, 0.05) is 23.4 Å². The molecule has 5 heteroatoms. The third kappa shape index (κ3) is 3.48. The van der Waals surface area contributed by atoms with Crippen LogP contribution >= 0.6 is 0 Å². The summed E-state index contributed by atoms with van der Waals surface area (Å²) in [4.78, 5) is 10.5. The summed E-state index contributed by atoms with van der Waals surface area (Å²) in [5.41, 5.74) is 0.000363. The molecule has 0 fully saturated rings. The van der Waals surface area contributed by atoms with Gasteiger partial charge in [-0.15, -0.1) is 5.92 Å². The molecule has 1 rings (SSSR count). The van der Waals surface area contributed by atoms with Crippen molar-refractivity contribution in [1.82, 2.24) is 0 Å². The molecule has 1 aromatic rings. The summed E-state index contributed by atoms with van der Waals surface area (Å²) in [6, 6.07) is 5.70. The van der Waals surface area contributed by atoms with E-state index in [-0.39, 0.29) is 11.4 Å². The second-order valence-electron chi connectivity index (χ2n) is 2.95. The van der Waals surface area contributed by atoms with Crippen molar-refractivity contribution in [1.29, 1.82) is 0 Å². The second-order valence-corrected chi connectivity index (χ2v) is 4.40. The standard InChI is InChI=1S/C11H11NO3S/c1-2-3-4-9-16(15)11-7-5-10(6-8-11)12(13)14/h5-8H,2,9H2,1H3. The Morgan fingerprint density at radius 2 is 1.94 bits per heavy atom. The van der Waals surface area contributed by atoms with E-state index in [0.717, 1.165) is 6.42 Å². The molecule has 0 radical (unpaired) electrons. The predicted molar refractivity (Wildman–Crippen MR) is 62.4 cm³/mol. The molecular weight excluding hydrogens is 226 g/mol. The molecule has 0 aliphatic carbocycles. The van der Waals surface area contributed by atoms with Gasteiger partial charge in [-0.1, -0.05) is 12.8 Å². The van der Waals surface area contributed by atoms with E-state index >= 15 is 0 Å². The summed E-state index contributed by atoms with van der Waals surface area (Å²) in [5, 5.41) is 10.4. The Morgan fingerprint density at radius 3 is 2.44 bits per heavy atom. The lowest BCUT2D eigenvalue weighted by Gasteiger charge is -1.97. The number of nitrogens with zero attached hydrogens (tertiary/aromatic N) is 1. The SMILES string of the molecule is CCC#CCS(=O)c1ccc([N+](=O)[O-])cc1. The maximum atomic E-state index is 11.6. The number of nitro benzene ring substituents is 1. The van der Waals surface area contributed by atoms with Gasteiger partial charge in [0.25, 0.3) is 5.69 Å². The molecule has 0 saturated heterocycles. The Labute approximate surface area is 96.3 Å². The third-order valence-corrected chi connectivity index (χ3v) is 3.02. The van der Waals surface area contributed by atoms with Crippen molar-refractivity contribution in [3.63, 3.8) is 0 Å². The molecule has 4 nitrogen and oxygen atoms in total. The first-order valence-electron chi connectivity index (χ1n) is 4.73. The van der Waals surface area contributed by atoms with Crippen LogP contribution < -0.4 is 0 Å². The fourth-order valence-corrected chi connectivity index (χ4v) is 1.88. The first kappa shape index (κ1) is 12.4. The molecule has 1 atom stereocenters. The number of hydrogen-bond donors (Lipinski definition) is 0. The fraction of sp³-hybridized carbons (Fsp3) is 0.273. The molecule has 0 spiro atoms. The van der Waals surface area contributed by atoms with Crippen molar-refractivity contribution in [3.8, 4) is 11.8 Å². The lowest BCUT2D eigenvalue weighted by molar-refractivity contribution is -0.384. The zero-order valence-electron chi connectivity index (χ0n) is 8.80. The molecule has 0 heterocycles. The Balaban J connectivity index is 2.74. The molecule has 0 amide bonds. The van der Waals surface area contributed by atoms with Crippen LogP contribution in [0.3, 0.4) is 0 Å². The van der Waals surface area contributed by atoms with Crippen LogP contribution in [0.1, 0.15) is 13.3 Å². The van der Waals surface area contributed by atoms with Crippen LogP contribution in [-0.2, 0) is 10.8 Å². The second kappa shape index (κ2) is 6.03. The lowest BCUT2D eigenvalue weighted by atomic mass is 10.3. The molecule has 0 aliphatic heterocycles. The summed E-state index contributed by atoms with van der Waals surface area (Å²) in [7, 11) is -1.20. The summed E-state index contributed by atoms with van der Waals surface area (Å²) in [5.74, 6) is 5.88. The van der Waals surface area contributed by atoms with Crippen LogP contribution in [0.15, 0.2) is 29.2 Å². The average molecular weight is 237 g/mol. The topological polar surface area (TPSA) is 60.2 Å². The van der Waals surface area contributed by atoms with Crippen molar-refractivity contribution >= 4 is 16.5 Å². The Hall–Kier alpha value is -1.67. The van der Waals surface area contributed by atoms with Crippen LogP contribution in [0.2, 0.25) is 0 Å². The molecule has 0 aromatic heterocycles. The molecule has 0 aliphatic rings. The van der Waals surface area contributed by atoms with Gasteiger partial charge < -0.3 is 0 Å². The zero-order valence-corrected chi connectivity index (χ0v) is 9.62. The van der Waals surface area contributed by atoms with Gasteiger partial charge in [-0.05, 0) is 12.1 Å². The first-order chi connectivity index (χ1) is 7.65. The van der Waals surface area contributed by atoms with Gasteiger partial charge in [-0.3, -0.25) is 14.3 Å². The van der Waals surface area contributed by atoms with E-state index in [1.54, 1.807) is 0 Å². The molecule has 16 heavy (non-hydrogen) atoms. The minimum absolute atomic E-state index is 0.000363. The minimum Gasteiger partial charge on any atom is -0.258 e. The highest BCUT2D eigenvalue weighted by Gasteiger charge is 2.06. The van der Waals surface area contributed by atoms with E-state index < -0.39 is 15.7 Å². The van der Waals surface area contributed by atoms with Crippen LogP contribution in [-0.4, -0.2) is 14.9 Å². The Kier molecular flexibility index (Phi) is 4.67. The predicted octanol–water partition coefficient (Wildman–Crippen LogP) is 2.12. The van der Waals surface area contributed by atoms with Gasteiger partial charge in [0.1, 0.15) is 0 Å². The van der Waals surface area contributed by atoms with E-state index in [2.05, 4.69) is 11.8 Å². The first-order valence-corrected chi connectivity index (χ1v) is 6.05. The van der Waals surface area contributed by atoms with E-state index in [0.29, 0.717) is 4.90 Å². The highest BCUT2D eigenvalue weighted by molar-refractivity contribution is 7.85. The highest BCUT2D eigenvalue weighted by atomic mass is 32.2. The molecule has 0 bridgehead atoms. The maximum absolute atomic E-state index is 11.6. The lowest BCUT2D eigenvalue weighted by Crippen LogP contribution is -1.96. The van der Waals surface area contributed by atoms with E-state index in [1.807, 2.05) is 6.92 Å². The van der Waals surface area contributed by atoms with Gasteiger partial charge in [0.2, 0.25) is 0 Å². The largest absolute Gasteiger partial charge is 0.269 e. The Morgan fingerprint density at radius 1 is 1.31 bits per heavy atom. The number of rotatable bonds is 3. The Bertz CT molecular complexity index is 456. The molecule has 1 unspecified atom stereocenters. The van der Waals surface area contributed by atoms with E-state index in [1.165, 1.54) is 24.3 Å². The summed E-state index contributed by atoms with van der Waals surface area (Å²) in [6.45, 7) is 1.92. The van der Waals surface area contributed by atoms with Crippen LogP contribution in [0.4, 0.5) is 5.69 Å². The molecule has 0 saturated carbocycles. The van der Waals surface area contributed by atoms with E-state index in [4.69, 9.17) is 0 Å². The normalized spacial score (nSPS) is 11.3. The van der Waals surface area contributed by atoms with Crippen LogP contribution in [0.5, 0.6) is 0 Å². The zero-order chi connectivity index (χ0) is 12.0. The van der Waals surface area contributed by atoms with Gasteiger partial charge in [-0.25, -0.2) is 0 Å². The van der Waals surface area contributed by atoms with Crippen molar-refractivity contribution in [3.05, 3.63) is 34.4 Å². The van der Waals surface area contributed by atoms with Crippen molar-refractivity contribution in [2.24, 2.45) is 0 Å². The van der Waals surface area contributed by atoms with Crippen LogP contribution in [0.25, 0.3) is 0 Å². The number of nitro groups is 1. The minimum atomic E-state index is -1.20. The van der Waals surface area contributed by atoms with Crippen molar-refractivity contribution in [2.75, 3.05) is 5.75 Å². The molecule has 1 aromatic carbocycles. The van der Waals surface area contributed by atoms with E-state index in [9.17, 15) is 14.3 Å². The fourth-order valence-electron chi connectivity index (χ4n) is 1.04. The highest BCUT2D eigenvalue weighted by Crippen LogP contribution is 2.14. The van der Waals surface area contributed by atoms with Gasteiger partial charge >= 0.3 is 0 Å². The molecule has 84 valence electrons. The number of hydrogen-bond acceptors (Lipinski definition) is 3. The van der Waals surface area contributed by atoms with Crippen molar-refractivity contribution < 1.29 is 9.13 Å². The molecule has 0 N–H and O–H groups in total. The smallest absolute Gasteiger partial charge is 0.258 e. The summed E-state index contributed by atoms with van der Waals surface area (Å²) >= 11 is 0. The third-order valence-electron chi connectivity index (χ3n) is 1.82. The average Bonchev–Trinajstić information content (AvgIpc) is 2.29.